The number of halogens is 1. The van der Waals surface area contributed by atoms with Crippen LogP contribution in [0.3, 0.4) is 0 Å². The minimum atomic E-state index is -3.52. The molecular weight excluding hydrogens is 386 g/mol. The maximum absolute atomic E-state index is 12.8. The first kappa shape index (κ1) is 19.8. The van der Waals surface area contributed by atoms with Gasteiger partial charge in [-0.25, -0.2) is 8.42 Å². The Morgan fingerprint density at radius 3 is 2.22 bits per heavy atom. The molecule has 144 valence electrons. The van der Waals surface area contributed by atoms with E-state index in [1.807, 2.05) is 24.3 Å². The third-order valence-corrected chi connectivity index (χ3v) is 6.77. The molecular formula is C19H23ClN3O3S+. The molecule has 6 nitrogen and oxygen atoms in total. The number of anilines is 1. The Morgan fingerprint density at radius 2 is 1.67 bits per heavy atom. The van der Waals surface area contributed by atoms with Gasteiger partial charge in [0.05, 0.1) is 31.1 Å². The van der Waals surface area contributed by atoms with E-state index < -0.39 is 10.0 Å². The highest BCUT2D eigenvalue weighted by Gasteiger charge is 2.30. The Balaban J connectivity index is 1.60. The van der Waals surface area contributed by atoms with Crippen molar-refractivity contribution in [3.8, 4) is 0 Å². The van der Waals surface area contributed by atoms with Gasteiger partial charge in [0.15, 0.2) is 0 Å². The van der Waals surface area contributed by atoms with E-state index in [1.54, 1.807) is 12.1 Å². The number of benzene rings is 2. The van der Waals surface area contributed by atoms with Crippen LogP contribution in [0.15, 0.2) is 53.4 Å². The Bertz CT molecular complexity index is 891. The average molecular weight is 409 g/mol. The second kappa shape index (κ2) is 8.39. The summed E-state index contributed by atoms with van der Waals surface area (Å²) in [5.41, 5.74) is 1.78. The fourth-order valence-corrected chi connectivity index (χ4v) is 4.74. The van der Waals surface area contributed by atoms with Crippen molar-refractivity contribution in [1.29, 1.82) is 0 Å². The number of quaternary nitrogens is 1. The Kier molecular flexibility index (Phi) is 6.16. The molecule has 1 aliphatic rings. The monoisotopic (exact) mass is 408 g/mol. The van der Waals surface area contributed by atoms with Crippen LogP contribution < -0.4 is 10.2 Å². The molecule has 1 amide bonds. The van der Waals surface area contributed by atoms with Crippen molar-refractivity contribution in [2.45, 2.75) is 18.4 Å². The van der Waals surface area contributed by atoms with Crippen LogP contribution in [0, 0.1) is 0 Å². The van der Waals surface area contributed by atoms with E-state index in [-0.39, 0.29) is 10.8 Å². The first-order chi connectivity index (χ1) is 12.8. The van der Waals surface area contributed by atoms with Crippen molar-refractivity contribution in [2.75, 3.05) is 31.5 Å². The van der Waals surface area contributed by atoms with Gasteiger partial charge in [-0.2, -0.15) is 4.31 Å². The van der Waals surface area contributed by atoms with Crippen LogP contribution in [0.4, 0.5) is 5.69 Å². The number of amides is 1. The molecule has 2 aromatic carbocycles. The SMILES string of the molecule is CC(=O)Nc1ccc(S(=O)(=O)N2CC[NH+](Cc3ccc(Cl)cc3)CC2)cc1. The maximum Gasteiger partial charge on any atom is 0.243 e. The van der Waals surface area contributed by atoms with E-state index in [1.165, 1.54) is 33.8 Å². The van der Waals surface area contributed by atoms with E-state index in [0.29, 0.717) is 23.8 Å². The number of rotatable bonds is 5. The zero-order valence-corrected chi connectivity index (χ0v) is 16.7. The van der Waals surface area contributed by atoms with E-state index in [4.69, 9.17) is 11.6 Å². The zero-order valence-electron chi connectivity index (χ0n) is 15.1. The molecule has 1 aliphatic heterocycles. The lowest BCUT2D eigenvalue weighted by Gasteiger charge is -2.31. The van der Waals surface area contributed by atoms with Crippen LogP contribution >= 0.6 is 11.6 Å². The first-order valence-corrected chi connectivity index (χ1v) is 10.6. The Morgan fingerprint density at radius 1 is 1.07 bits per heavy atom. The largest absolute Gasteiger partial charge is 0.329 e. The lowest BCUT2D eigenvalue weighted by atomic mass is 10.2. The molecule has 3 rings (SSSR count). The second-order valence-electron chi connectivity index (χ2n) is 6.66. The highest BCUT2D eigenvalue weighted by molar-refractivity contribution is 7.89. The molecule has 8 heteroatoms. The number of hydrogen-bond donors (Lipinski definition) is 2. The van der Waals surface area contributed by atoms with Crippen LogP contribution in [-0.4, -0.2) is 44.8 Å². The molecule has 0 spiro atoms. The molecule has 0 radical (unpaired) electrons. The third-order valence-electron chi connectivity index (χ3n) is 4.61. The zero-order chi connectivity index (χ0) is 19.4. The van der Waals surface area contributed by atoms with Crippen LogP contribution in [0.2, 0.25) is 5.02 Å². The van der Waals surface area contributed by atoms with E-state index >= 15 is 0 Å². The minimum absolute atomic E-state index is 0.189. The number of piperazine rings is 1. The van der Waals surface area contributed by atoms with E-state index in [9.17, 15) is 13.2 Å². The summed E-state index contributed by atoms with van der Waals surface area (Å²) in [5.74, 6) is -0.189. The maximum atomic E-state index is 12.8. The molecule has 0 atom stereocenters. The number of nitrogens with one attached hydrogen (secondary N) is 2. The van der Waals surface area contributed by atoms with Crippen molar-refractivity contribution in [3.05, 3.63) is 59.1 Å². The fraction of sp³-hybridized carbons (Fsp3) is 0.316. The lowest BCUT2D eigenvalue weighted by Crippen LogP contribution is -3.13. The molecule has 0 aromatic heterocycles. The van der Waals surface area contributed by atoms with Crippen molar-refractivity contribution in [1.82, 2.24) is 4.31 Å². The topological polar surface area (TPSA) is 70.9 Å². The summed E-state index contributed by atoms with van der Waals surface area (Å²) in [5, 5.41) is 3.35. The van der Waals surface area contributed by atoms with Crippen molar-refractivity contribution in [3.63, 3.8) is 0 Å². The van der Waals surface area contributed by atoms with E-state index in [2.05, 4.69) is 5.32 Å². The van der Waals surface area contributed by atoms with Gasteiger partial charge in [0.1, 0.15) is 6.54 Å². The number of nitrogens with zero attached hydrogens (tertiary/aromatic N) is 1. The third kappa shape index (κ3) is 5.07. The van der Waals surface area contributed by atoms with Gasteiger partial charge in [-0.15, -0.1) is 0 Å². The van der Waals surface area contributed by atoms with E-state index in [0.717, 1.165) is 19.6 Å². The smallest absolute Gasteiger partial charge is 0.243 e. The van der Waals surface area contributed by atoms with Gasteiger partial charge in [0.2, 0.25) is 15.9 Å². The summed E-state index contributed by atoms with van der Waals surface area (Å²) >= 11 is 5.92. The molecule has 0 bridgehead atoms. The van der Waals surface area contributed by atoms with Gasteiger partial charge < -0.3 is 10.2 Å². The normalized spacial score (nSPS) is 16.2. The molecule has 0 unspecified atom stereocenters. The van der Waals surface area contributed by atoms with Crippen LogP contribution in [-0.2, 0) is 21.4 Å². The Hall–Kier alpha value is -1.93. The lowest BCUT2D eigenvalue weighted by molar-refractivity contribution is -0.917. The van der Waals surface area contributed by atoms with Gasteiger partial charge in [-0.1, -0.05) is 23.7 Å². The molecule has 0 saturated carbocycles. The molecule has 2 N–H and O–H groups in total. The summed E-state index contributed by atoms with van der Waals surface area (Å²) in [7, 11) is -3.52. The summed E-state index contributed by atoms with van der Waals surface area (Å²) in [6, 6.07) is 14.1. The minimum Gasteiger partial charge on any atom is -0.329 e. The molecule has 0 aliphatic carbocycles. The highest BCUT2D eigenvalue weighted by Crippen LogP contribution is 2.18. The quantitative estimate of drug-likeness (QED) is 0.785. The number of sulfonamides is 1. The number of hydrogen-bond acceptors (Lipinski definition) is 3. The van der Waals surface area contributed by atoms with Gasteiger partial charge >= 0.3 is 0 Å². The first-order valence-electron chi connectivity index (χ1n) is 8.80. The molecule has 2 aromatic rings. The summed E-state index contributed by atoms with van der Waals surface area (Å²) in [4.78, 5) is 12.7. The van der Waals surface area contributed by atoms with Crippen LogP contribution in [0.5, 0.6) is 0 Å². The van der Waals surface area contributed by atoms with Crippen LogP contribution in [0.1, 0.15) is 12.5 Å². The number of carbonyl (C=O) groups is 1. The predicted octanol–water partition coefficient (Wildman–Crippen LogP) is 1.39. The average Bonchev–Trinajstić information content (AvgIpc) is 2.64. The van der Waals surface area contributed by atoms with Gasteiger partial charge in [0.25, 0.3) is 0 Å². The highest BCUT2D eigenvalue weighted by atomic mass is 35.5. The van der Waals surface area contributed by atoms with Crippen molar-refractivity contribution in [2.24, 2.45) is 0 Å². The van der Waals surface area contributed by atoms with Crippen molar-refractivity contribution < 1.29 is 18.1 Å². The molecule has 1 fully saturated rings. The van der Waals surface area contributed by atoms with Gasteiger partial charge in [0, 0.05) is 23.2 Å². The van der Waals surface area contributed by atoms with Gasteiger partial charge in [-0.05, 0) is 36.4 Å². The molecule has 1 saturated heterocycles. The fourth-order valence-electron chi connectivity index (χ4n) is 3.17. The molecule has 27 heavy (non-hydrogen) atoms. The second-order valence-corrected chi connectivity index (χ2v) is 9.04. The summed E-state index contributed by atoms with van der Waals surface area (Å²) in [6.07, 6.45) is 0. The van der Waals surface area contributed by atoms with Crippen molar-refractivity contribution >= 4 is 33.2 Å². The molecule has 1 heterocycles. The standard InChI is InChI=1S/C19H22ClN3O3S/c1-15(24)21-18-6-8-19(9-7-18)27(25,26)23-12-10-22(11-13-23)14-16-2-4-17(20)5-3-16/h2-9H,10-14H2,1H3,(H,21,24)/p+1. The van der Waals surface area contributed by atoms with Gasteiger partial charge in [-0.3, -0.25) is 4.79 Å². The predicted molar refractivity (Wildman–Crippen MR) is 105 cm³/mol. The van der Waals surface area contributed by atoms with Crippen LogP contribution in [0.25, 0.3) is 0 Å². The number of carbonyl (C=O) groups excluding carboxylic acids is 1. The summed E-state index contributed by atoms with van der Waals surface area (Å²) < 4.78 is 27.2. The Labute approximate surface area is 164 Å². The summed E-state index contributed by atoms with van der Waals surface area (Å²) in [6.45, 7) is 4.75.